The largest absolute Gasteiger partial charge is 0.509 e. The Morgan fingerprint density at radius 3 is 2.81 bits per heavy atom. The highest BCUT2D eigenvalue weighted by molar-refractivity contribution is 5.60. The van der Waals surface area contributed by atoms with Gasteiger partial charge in [-0.15, -0.1) is 0 Å². The lowest BCUT2D eigenvalue weighted by Gasteiger charge is -2.10. The highest BCUT2D eigenvalue weighted by Crippen LogP contribution is 2.13. The van der Waals surface area contributed by atoms with Crippen molar-refractivity contribution in [3.05, 3.63) is 48.0 Å². The number of allylic oxidation sites excluding steroid dienone is 1. The van der Waals surface area contributed by atoms with Gasteiger partial charge in [-0.25, -0.2) is 4.79 Å². The highest BCUT2D eigenvalue weighted by Gasteiger charge is 2.15. The van der Waals surface area contributed by atoms with Crippen LogP contribution in [0.3, 0.4) is 0 Å². The zero-order chi connectivity index (χ0) is 11.2. The smallest absolute Gasteiger partial charge is 0.429 e. The van der Waals surface area contributed by atoms with E-state index in [4.69, 9.17) is 9.47 Å². The number of hydrogen-bond acceptors (Lipinski definition) is 3. The maximum atomic E-state index is 11.3. The number of ether oxygens (including phenoxy) is 2. The van der Waals surface area contributed by atoms with E-state index in [1.165, 1.54) is 0 Å². The number of carbonyl (C=O) groups excluding carboxylic acids is 1. The molecule has 0 N–H and O–H groups in total. The number of rotatable bonds is 3. The van der Waals surface area contributed by atoms with E-state index < -0.39 is 6.16 Å². The Balaban J connectivity index is 1.73. The van der Waals surface area contributed by atoms with Gasteiger partial charge in [0.2, 0.25) is 0 Å². The fraction of sp³-hybridized carbons (Fsp3) is 0.308. The maximum absolute atomic E-state index is 11.3. The van der Waals surface area contributed by atoms with Crippen LogP contribution in [0.2, 0.25) is 0 Å². The van der Waals surface area contributed by atoms with Crippen LogP contribution in [0, 0.1) is 0 Å². The third-order valence-electron chi connectivity index (χ3n) is 2.42. The van der Waals surface area contributed by atoms with Gasteiger partial charge in [-0.2, -0.15) is 0 Å². The SMILES string of the molecule is O=C(OCc1ccccc1)O[C@H]1C=CCC1. The standard InChI is InChI=1S/C13H14O3/c14-13(16-12-8-4-5-9-12)15-10-11-6-2-1-3-7-11/h1-4,6-8,12H,5,9-10H2/t12-/m0/s1. The minimum Gasteiger partial charge on any atom is -0.429 e. The summed E-state index contributed by atoms with van der Waals surface area (Å²) in [6.45, 7) is 0.260. The molecule has 0 spiro atoms. The molecule has 0 fully saturated rings. The molecule has 16 heavy (non-hydrogen) atoms. The first-order chi connectivity index (χ1) is 7.84. The molecule has 84 valence electrons. The van der Waals surface area contributed by atoms with Crippen LogP contribution in [0.4, 0.5) is 4.79 Å². The monoisotopic (exact) mass is 218 g/mol. The zero-order valence-corrected chi connectivity index (χ0v) is 8.96. The van der Waals surface area contributed by atoms with Crippen molar-refractivity contribution in [2.45, 2.75) is 25.6 Å². The summed E-state index contributed by atoms with van der Waals surface area (Å²) < 4.78 is 10.1. The van der Waals surface area contributed by atoms with E-state index in [0.717, 1.165) is 18.4 Å². The van der Waals surface area contributed by atoms with Crippen LogP contribution >= 0.6 is 0 Å². The van der Waals surface area contributed by atoms with Gasteiger partial charge >= 0.3 is 6.16 Å². The summed E-state index contributed by atoms with van der Waals surface area (Å²) in [6.07, 6.45) is 5.03. The summed E-state index contributed by atoms with van der Waals surface area (Å²) in [6, 6.07) is 9.55. The summed E-state index contributed by atoms with van der Waals surface area (Å²) in [5, 5.41) is 0. The van der Waals surface area contributed by atoms with Crippen molar-refractivity contribution >= 4 is 6.16 Å². The van der Waals surface area contributed by atoms with E-state index in [2.05, 4.69) is 0 Å². The maximum Gasteiger partial charge on any atom is 0.509 e. The second-order valence-electron chi connectivity index (χ2n) is 3.69. The summed E-state index contributed by atoms with van der Waals surface area (Å²) in [5.74, 6) is 0. The van der Waals surface area contributed by atoms with Crippen LogP contribution in [-0.2, 0) is 16.1 Å². The van der Waals surface area contributed by atoms with Gasteiger partial charge in [0.25, 0.3) is 0 Å². The Morgan fingerprint density at radius 2 is 2.12 bits per heavy atom. The Bertz CT molecular complexity index is 370. The molecule has 0 aromatic heterocycles. The summed E-state index contributed by atoms with van der Waals surface area (Å²) in [7, 11) is 0. The van der Waals surface area contributed by atoms with E-state index in [-0.39, 0.29) is 12.7 Å². The van der Waals surface area contributed by atoms with Crippen molar-refractivity contribution < 1.29 is 14.3 Å². The molecule has 3 heteroatoms. The van der Waals surface area contributed by atoms with Gasteiger partial charge < -0.3 is 9.47 Å². The number of hydrogen-bond donors (Lipinski definition) is 0. The van der Waals surface area contributed by atoms with Crippen LogP contribution in [-0.4, -0.2) is 12.3 Å². The summed E-state index contributed by atoms with van der Waals surface area (Å²) >= 11 is 0. The van der Waals surface area contributed by atoms with Crippen molar-refractivity contribution in [3.8, 4) is 0 Å². The zero-order valence-electron chi connectivity index (χ0n) is 8.96. The second kappa shape index (κ2) is 5.35. The quantitative estimate of drug-likeness (QED) is 0.577. The van der Waals surface area contributed by atoms with Crippen LogP contribution < -0.4 is 0 Å². The topological polar surface area (TPSA) is 35.5 Å². The molecule has 0 unspecified atom stereocenters. The van der Waals surface area contributed by atoms with E-state index in [1.54, 1.807) is 0 Å². The average molecular weight is 218 g/mol. The molecule has 1 aliphatic carbocycles. The first-order valence-electron chi connectivity index (χ1n) is 5.38. The van der Waals surface area contributed by atoms with Gasteiger partial charge in [0.1, 0.15) is 12.7 Å². The summed E-state index contributed by atoms with van der Waals surface area (Å²) in [5.41, 5.74) is 0.960. The molecule has 0 amide bonds. The van der Waals surface area contributed by atoms with E-state index in [1.807, 2.05) is 42.5 Å². The molecular formula is C13H14O3. The molecule has 1 aliphatic rings. The van der Waals surface area contributed by atoms with Crippen molar-refractivity contribution in [2.75, 3.05) is 0 Å². The predicted octanol–water partition coefficient (Wildman–Crippen LogP) is 3.06. The fourth-order valence-electron chi connectivity index (χ4n) is 1.58. The molecule has 1 aromatic rings. The van der Waals surface area contributed by atoms with Gasteiger partial charge in [-0.05, 0) is 24.5 Å². The molecular weight excluding hydrogens is 204 g/mol. The molecule has 0 saturated carbocycles. The molecule has 1 aromatic carbocycles. The Morgan fingerprint density at radius 1 is 1.31 bits per heavy atom. The molecule has 2 rings (SSSR count). The van der Waals surface area contributed by atoms with Crippen LogP contribution in [0.25, 0.3) is 0 Å². The third-order valence-corrected chi connectivity index (χ3v) is 2.42. The summed E-state index contributed by atoms with van der Waals surface area (Å²) in [4.78, 5) is 11.3. The van der Waals surface area contributed by atoms with E-state index >= 15 is 0 Å². The van der Waals surface area contributed by atoms with Gasteiger partial charge in [0.15, 0.2) is 0 Å². The van der Waals surface area contributed by atoms with Crippen molar-refractivity contribution in [3.63, 3.8) is 0 Å². The molecule has 1 atom stereocenters. The normalized spacial score (nSPS) is 18.4. The molecule has 0 bridgehead atoms. The minimum absolute atomic E-state index is 0.108. The second-order valence-corrected chi connectivity index (χ2v) is 3.69. The minimum atomic E-state index is -0.597. The van der Waals surface area contributed by atoms with Crippen LogP contribution in [0.1, 0.15) is 18.4 Å². The van der Waals surface area contributed by atoms with Crippen molar-refractivity contribution in [1.82, 2.24) is 0 Å². The Kier molecular flexibility index (Phi) is 3.59. The number of benzene rings is 1. The van der Waals surface area contributed by atoms with Crippen molar-refractivity contribution in [2.24, 2.45) is 0 Å². The first-order valence-corrected chi connectivity index (χ1v) is 5.38. The molecule has 0 saturated heterocycles. The lowest BCUT2D eigenvalue weighted by atomic mass is 10.2. The lowest BCUT2D eigenvalue weighted by molar-refractivity contribution is 0.0324. The van der Waals surface area contributed by atoms with Gasteiger partial charge in [0, 0.05) is 0 Å². The van der Waals surface area contributed by atoms with Gasteiger partial charge in [-0.1, -0.05) is 36.4 Å². The molecule has 3 nitrogen and oxygen atoms in total. The Hall–Kier alpha value is -1.77. The average Bonchev–Trinajstić information content (AvgIpc) is 2.81. The first kappa shape index (κ1) is 10.7. The van der Waals surface area contributed by atoms with E-state index in [9.17, 15) is 4.79 Å². The van der Waals surface area contributed by atoms with E-state index in [0.29, 0.717) is 0 Å². The van der Waals surface area contributed by atoms with Gasteiger partial charge in [-0.3, -0.25) is 0 Å². The van der Waals surface area contributed by atoms with Crippen molar-refractivity contribution in [1.29, 1.82) is 0 Å². The predicted molar refractivity (Wildman–Crippen MR) is 59.9 cm³/mol. The fourth-order valence-corrected chi connectivity index (χ4v) is 1.58. The molecule has 0 aliphatic heterocycles. The van der Waals surface area contributed by atoms with Crippen LogP contribution in [0.5, 0.6) is 0 Å². The lowest BCUT2D eigenvalue weighted by Crippen LogP contribution is -2.15. The molecule has 0 radical (unpaired) electrons. The Labute approximate surface area is 94.7 Å². The molecule has 0 heterocycles. The third kappa shape index (κ3) is 3.12. The van der Waals surface area contributed by atoms with Gasteiger partial charge in [0.05, 0.1) is 0 Å². The number of carbonyl (C=O) groups is 1. The highest BCUT2D eigenvalue weighted by atomic mass is 16.7. The van der Waals surface area contributed by atoms with Crippen LogP contribution in [0.15, 0.2) is 42.5 Å².